The molecule has 2 N–H and O–H groups in total. The molecule has 1 heterocycles. The van der Waals surface area contributed by atoms with E-state index in [0.717, 1.165) is 15.7 Å². The second kappa shape index (κ2) is 4.71. The lowest BCUT2D eigenvalue weighted by Crippen LogP contribution is -2.01. The number of rotatable bonds is 1. The van der Waals surface area contributed by atoms with Crippen LogP contribution in [-0.2, 0) is 0 Å². The van der Waals surface area contributed by atoms with Gasteiger partial charge in [0.25, 0.3) is 0 Å². The van der Waals surface area contributed by atoms with E-state index in [1.54, 1.807) is 16.7 Å². The molecular weight excluding hydrogens is 349 g/mol. The third-order valence-corrected chi connectivity index (χ3v) is 3.93. The molecule has 0 saturated carbocycles. The van der Waals surface area contributed by atoms with Crippen LogP contribution in [-0.4, -0.2) is 9.55 Å². The first kappa shape index (κ1) is 12.8. The highest BCUT2D eigenvalue weighted by molar-refractivity contribution is 9.10. The summed E-state index contributed by atoms with van der Waals surface area (Å²) in [5.41, 5.74) is 8.24. The maximum atomic E-state index is 6.24. The monoisotopic (exact) mass is 355 g/mol. The summed E-state index contributed by atoms with van der Waals surface area (Å²) in [6.45, 7) is 0. The van der Waals surface area contributed by atoms with E-state index in [-0.39, 0.29) is 0 Å². The van der Waals surface area contributed by atoms with Crippen LogP contribution in [0.5, 0.6) is 0 Å². The van der Waals surface area contributed by atoms with Gasteiger partial charge in [0.05, 0.1) is 21.2 Å². The normalized spacial score (nSPS) is 11.1. The Bertz CT molecular complexity index is 783. The molecule has 3 aromatic rings. The van der Waals surface area contributed by atoms with Gasteiger partial charge >= 0.3 is 0 Å². The number of hydrogen-bond donors (Lipinski definition) is 1. The minimum atomic E-state index is 0.350. The van der Waals surface area contributed by atoms with Gasteiger partial charge in [-0.2, -0.15) is 0 Å². The summed E-state index contributed by atoms with van der Waals surface area (Å²) in [4.78, 5) is 4.29. The number of nitrogens with two attached hydrogens (primary N) is 1. The molecule has 0 bridgehead atoms. The van der Waals surface area contributed by atoms with E-state index in [2.05, 4.69) is 20.9 Å². The molecule has 0 radical (unpaired) electrons. The van der Waals surface area contributed by atoms with E-state index in [0.29, 0.717) is 21.5 Å². The molecule has 0 amide bonds. The number of aromatic nitrogens is 2. The number of nitrogens with zero attached hydrogens (tertiary/aromatic N) is 2. The first-order chi connectivity index (χ1) is 9.08. The SMILES string of the molecule is Nc1nc2c(Cl)cccc2n1-c1cc(Br)ccc1Cl. The molecule has 3 nitrogen and oxygen atoms in total. The van der Waals surface area contributed by atoms with Gasteiger partial charge < -0.3 is 5.73 Å². The van der Waals surface area contributed by atoms with Crippen molar-refractivity contribution in [3.05, 3.63) is 50.9 Å². The van der Waals surface area contributed by atoms with Crippen molar-refractivity contribution in [3.8, 4) is 5.69 Å². The molecule has 2 aromatic carbocycles. The Hall–Kier alpha value is -1.23. The summed E-state index contributed by atoms with van der Waals surface area (Å²) >= 11 is 15.8. The van der Waals surface area contributed by atoms with Gasteiger partial charge in [0, 0.05) is 4.47 Å². The van der Waals surface area contributed by atoms with E-state index >= 15 is 0 Å². The minimum absolute atomic E-state index is 0.350. The van der Waals surface area contributed by atoms with E-state index in [1.807, 2.05) is 24.3 Å². The number of anilines is 1. The number of nitrogen functional groups attached to an aromatic ring is 1. The summed E-state index contributed by atoms with van der Waals surface area (Å²) in [5.74, 6) is 0.350. The fourth-order valence-electron chi connectivity index (χ4n) is 1.99. The molecule has 96 valence electrons. The van der Waals surface area contributed by atoms with Crippen molar-refractivity contribution in [2.24, 2.45) is 0 Å². The smallest absolute Gasteiger partial charge is 0.206 e. The standard InChI is InChI=1S/C13H8BrCl2N3/c14-7-4-5-8(15)11(6-7)19-10-3-1-2-9(16)12(10)18-13(19)17/h1-6H,(H2,17,18). The van der Waals surface area contributed by atoms with Crippen LogP contribution in [0.1, 0.15) is 0 Å². The lowest BCUT2D eigenvalue weighted by Gasteiger charge is -2.09. The van der Waals surface area contributed by atoms with Crippen LogP contribution in [0.3, 0.4) is 0 Å². The van der Waals surface area contributed by atoms with Crippen molar-refractivity contribution in [1.82, 2.24) is 9.55 Å². The third-order valence-electron chi connectivity index (χ3n) is 2.81. The van der Waals surface area contributed by atoms with Crippen LogP contribution >= 0.6 is 39.1 Å². The molecule has 0 aliphatic heterocycles. The lowest BCUT2D eigenvalue weighted by atomic mass is 10.3. The van der Waals surface area contributed by atoms with Crippen LogP contribution in [0, 0.1) is 0 Å². The van der Waals surface area contributed by atoms with Gasteiger partial charge in [-0.3, -0.25) is 4.57 Å². The summed E-state index contributed by atoms with van der Waals surface area (Å²) in [7, 11) is 0. The van der Waals surface area contributed by atoms with Crippen LogP contribution in [0.4, 0.5) is 5.95 Å². The Morgan fingerprint density at radius 1 is 1.11 bits per heavy atom. The molecule has 0 spiro atoms. The maximum Gasteiger partial charge on any atom is 0.206 e. The molecule has 0 aliphatic carbocycles. The Kier molecular flexibility index (Phi) is 3.17. The van der Waals surface area contributed by atoms with Gasteiger partial charge in [0.15, 0.2) is 0 Å². The van der Waals surface area contributed by atoms with E-state index in [9.17, 15) is 0 Å². The zero-order valence-corrected chi connectivity index (χ0v) is 12.7. The predicted molar refractivity (Wildman–Crippen MR) is 83.2 cm³/mol. The number of hydrogen-bond acceptors (Lipinski definition) is 2. The van der Waals surface area contributed by atoms with Crippen molar-refractivity contribution in [1.29, 1.82) is 0 Å². The van der Waals surface area contributed by atoms with Crippen molar-refractivity contribution in [2.45, 2.75) is 0 Å². The molecule has 19 heavy (non-hydrogen) atoms. The topological polar surface area (TPSA) is 43.8 Å². The van der Waals surface area contributed by atoms with Crippen molar-refractivity contribution in [2.75, 3.05) is 5.73 Å². The number of fused-ring (bicyclic) bond motifs is 1. The molecule has 6 heteroatoms. The predicted octanol–water partition coefficient (Wildman–Crippen LogP) is 4.68. The second-order valence-electron chi connectivity index (χ2n) is 4.01. The molecule has 0 fully saturated rings. The Morgan fingerprint density at radius 2 is 1.89 bits per heavy atom. The highest BCUT2D eigenvalue weighted by atomic mass is 79.9. The second-order valence-corrected chi connectivity index (χ2v) is 5.74. The van der Waals surface area contributed by atoms with Gasteiger partial charge in [-0.15, -0.1) is 0 Å². The first-order valence-electron chi connectivity index (χ1n) is 5.46. The number of halogens is 3. The van der Waals surface area contributed by atoms with Gasteiger partial charge in [-0.25, -0.2) is 4.98 Å². The van der Waals surface area contributed by atoms with Gasteiger partial charge in [-0.05, 0) is 30.3 Å². The maximum absolute atomic E-state index is 6.24. The average molecular weight is 357 g/mol. The van der Waals surface area contributed by atoms with Crippen molar-refractivity contribution >= 4 is 56.1 Å². The first-order valence-corrected chi connectivity index (χ1v) is 7.00. The molecule has 3 rings (SSSR count). The highest BCUT2D eigenvalue weighted by Crippen LogP contribution is 2.32. The fraction of sp³-hybridized carbons (Fsp3) is 0. The van der Waals surface area contributed by atoms with Crippen molar-refractivity contribution < 1.29 is 0 Å². The highest BCUT2D eigenvalue weighted by Gasteiger charge is 2.14. The summed E-state index contributed by atoms with van der Waals surface area (Å²) in [5, 5.41) is 1.16. The molecule has 0 aliphatic rings. The number of imidazole rings is 1. The molecule has 0 saturated heterocycles. The fourth-order valence-corrected chi connectivity index (χ4v) is 2.76. The quantitative estimate of drug-likeness (QED) is 0.688. The van der Waals surface area contributed by atoms with Gasteiger partial charge in [-0.1, -0.05) is 45.2 Å². The lowest BCUT2D eigenvalue weighted by molar-refractivity contribution is 1.11. The zero-order chi connectivity index (χ0) is 13.6. The molecule has 0 unspecified atom stereocenters. The number of para-hydroxylation sites is 1. The largest absolute Gasteiger partial charge is 0.369 e. The van der Waals surface area contributed by atoms with Crippen LogP contribution in [0.15, 0.2) is 40.9 Å². The zero-order valence-electron chi connectivity index (χ0n) is 9.57. The summed E-state index contributed by atoms with van der Waals surface area (Å²) < 4.78 is 2.70. The van der Waals surface area contributed by atoms with Crippen LogP contribution in [0.25, 0.3) is 16.7 Å². The Morgan fingerprint density at radius 3 is 2.68 bits per heavy atom. The van der Waals surface area contributed by atoms with E-state index in [4.69, 9.17) is 28.9 Å². The van der Waals surface area contributed by atoms with Crippen molar-refractivity contribution in [3.63, 3.8) is 0 Å². The average Bonchev–Trinajstić information content (AvgIpc) is 2.70. The summed E-state index contributed by atoms with van der Waals surface area (Å²) in [6, 6.07) is 11.1. The van der Waals surface area contributed by atoms with E-state index in [1.165, 1.54) is 0 Å². The van der Waals surface area contributed by atoms with Gasteiger partial charge in [0.2, 0.25) is 5.95 Å². The minimum Gasteiger partial charge on any atom is -0.369 e. The van der Waals surface area contributed by atoms with Crippen LogP contribution < -0.4 is 5.73 Å². The molecule has 1 aromatic heterocycles. The van der Waals surface area contributed by atoms with Gasteiger partial charge in [0.1, 0.15) is 5.52 Å². The van der Waals surface area contributed by atoms with E-state index < -0.39 is 0 Å². The molecular formula is C13H8BrCl2N3. The van der Waals surface area contributed by atoms with Crippen LogP contribution in [0.2, 0.25) is 10.0 Å². The Balaban J connectivity index is 2.39. The summed E-state index contributed by atoms with van der Waals surface area (Å²) in [6.07, 6.45) is 0. The number of benzene rings is 2. The third kappa shape index (κ3) is 2.10. The molecule has 0 atom stereocenters. The Labute approximate surface area is 128 Å².